The molecule has 1 atom stereocenters. The summed E-state index contributed by atoms with van der Waals surface area (Å²) in [6, 6.07) is 8.92. The summed E-state index contributed by atoms with van der Waals surface area (Å²) < 4.78 is 5.10. The second kappa shape index (κ2) is 4.45. The number of carbonyl (C=O) groups is 1. The van der Waals surface area contributed by atoms with E-state index in [1.165, 1.54) is 0 Å². The molecule has 0 spiro atoms. The summed E-state index contributed by atoms with van der Waals surface area (Å²) >= 11 is 0. The molecule has 1 fully saturated rings. The Morgan fingerprint density at radius 2 is 1.93 bits per heavy atom. The average molecular weight is 200 g/mol. The van der Waals surface area contributed by atoms with E-state index >= 15 is 0 Å². The van der Waals surface area contributed by atoms with Crippen LogP contribution in [-0.2, 0) is 15.1 Å². The van der Waals surface area contributed by atoms with Crippen LogP contribution in [0.25, 0.3) is 0 Å². The molecule has 3 nitrogen and oxygen atoms in total. The van der Waals surface area contributed by atoms with Crippen LogP contribution in [0.5, 0.6) is 0 Å². The third kappa shape index (κ3) is 1.73. The van der Waals surface area contributed by atoms with E-state index in [1.807, 2.05) is 6.07 Å². The number of hydrogen-bond donors (Lipinski definition) is 0. The molecule has 0 bridgehead atoms. The molecule has 2 rings (SSSR count). The monoisotopic (exact) mass is 200 g/mol. The molecule has 0 saturated carbocycles. The molecule has 0 aliphatic carbocycles. The summed E-state index contributed by atoms with van der Waals surface area (Å²) in [5, 5.41) is 10.9. The fraction of sp³-hybridized carbons (Fsp3) is 0.300. The first-order valence-electron chi connectivity index (χ1n) is 4.17. The van der Waals surface area contributed by atoms with Crippen LogP contribution in [-0.4, -0.2) is 12.6 Å². The van der Waals surface area contributed by atoms with Crippen molar-refractivity contribution < 1.29 is 44.2 Å². The smallest absolute Gasteiger partial charge is 0.547 e. The third-order valence-corrected chi connectivity index (χ3v) is 2.37. The van der Waals surface area contributed by atoms with E-state index in [0.29, 0.717) is 18.6 Å². The van der Waals surface area contributed by atoms with E-state index in [1.54, 1.807) is 24.3 Å². The quantitative estimate of drug-likeness (QED) is 0.480. The standard InChI is InChI=1S/C10H10O3.Na/c11-9(12)10(6-7-13-10)8-4-2-1-3-5-8;/h1-5H,6-7H2,(H,11,12);/q;+1/p-1/t10-;/m1./s1. The molecule has 1 aromatic carbocycles. The van der Waals surface area contributed by atoms with E-state index < -0.39 is 11.6 Å². The molecule has 1 aromatic rings. The van der Waals surface area contributed by atoms with Gasteiger partial charge in [-0.15, -0.1) is 0 Å². The molecular formula is C10H9NaO3. The number of carbonyl (C=O) groups excluding carboxylic acids is 1. The Bertz CT molecular complexity index is 319. The minimum atomic E-state index is -1.18. The van der Waals surface area contributed by atoms with Gasteiger partial charge in [0.1, 0.15) is 5.60 Å². The topological polar surface area (TPSA) is 49.4 Å². The van der Waals surface area contributed by atoms with Crippen LogP contribution >= 0.6 is 0 Å². The summed E-state index contributed by atoms with van der Waals surface area (Å²) in [5.74, 6) is -1.15. The van der Waals surface area contributed by atoms with Crippen LogP contribution in [0, 0.1) is 0 Å². The first-order chi connectivity index (χ1) is 6.26. The number of ether oxygens (including phenoxy) is 1. The molecule has 1 saturated heterocycles. The van der Waals surface area contributed by atoms with Crippen molar-refractivity contribution in [2.75, 3.05) is 6.61 Å². The Labute approximate surface area is 104 Å². The van der Waals surface area contributed by atoms with E-state index in [-0.39, 0.29) is 29.6 Å². The third-order valence-electron chi connectivity index (χ3n) is 2.37. The number of carboxylic acid groups (broad SMARTS) is 1. The maximum Gasteiger partial charge on any atom is 1.00 e. The van der Waals surface area contributed by atoms with E-state index in [9.17, 15) is 9.90 Å². The van der Waals surface area contributed by atoms with Crippen molar-refractivity contribution in [1.29, 1.82) is 0 Å². The summed E-state index contributed by atoms with van der Waals surface area (Å²) in [7, 11) is 0. The van der Waals surface area contributed by atoms with Gasteiger partial charge < -0.3 is 14.6 Å². The molecule has 14 heavy (non-hydrogen) atoms. The van der Waals surface area contributed by atoms with Crippen molar-refractivity contribution in [2.45, 2.75) is 12.0 Å². The molecular weight excluding hydrogens is 191 g/mol. The van der Waals surface area contributed by atoms with Crippen LogP contribution in [0.3, 0.4) is 0 Å². The largest absolute Gasteiger partial charge is 1.00 e. The molecule has 1 heterocycles. The predicted molar refractivity (Wildman–Crippen MR) is 43.7 cm³/mol. The Morgan fingerprint density at radius 1 is 1.36 bits per heavy atom. The molecule has 1 aliphatic rings. The van der Waals surface area contributed by atoms with Crippen LogP contribution in [0.15, 0.2) is 30.3 Å². The van der Waals surface area contributed by atoms with Gasteiger partial charge in [-0.05, 0) is 5.56 Å². The Kier molecular flexibility index (Phi) is 3.72. The van der Waals surface area contributed by atoms with Crippen molar-refractivity contribution in [1.82, 2.24) is 0 Å². The summed E-state index contributed by atoms with van der Waals surface area (Å²) in [5.41, 5.74) is -0.511. The van der Waals surface area contributed by atoms with Crippen LogP contribution < -0.4 is 34.7 Å². The van der Waals surface area contributed by atoms with Gasteiger partial charge in [-0.1, -0.05) is 30.3 Å². The first kappa shape index (κ1) is 11.7. The van der Waals surface area contributed by atoms with Gasteiger partial charge >= 0.3 is 29.6 Å². The normalized spacial score (nSPS) is 24.6. The number of carboxylic acids is 1. The summed E-state index contributed by atoms with van der Waals surface area (Å²) in [4.78, 5) is 10.9. The predicted octanol–water partition coefficient (Wildman–Crippen LogP) is -2.94. The van der Waals surface area contributed by atoms with Crippen LogP contribution in [0.1, 0.15) is 12.0 Å². The zero-order valence-corrected chi connectivity index (χ0v) is 10.0. The van der Waals surface area contributed by atoms with Crippen molar-refractivity contribution in [3.63, 3.8) is 0 Å². The second-order valence-corrected chi connectivity index (χ2v) is 3.08. The molecule has 0 aromatic heterocycles. The Morgan fingerprint density at radius 3 is 2.29 bits per heavy atom. The van der Waals surface area contributed by atoms with Gasteiger partial charge in [-0.3, -0.25) is 0 Å². The van der Waals surface area contributed by atoms with E-state index in [2.05, 4.69) is 0 Å². The minimum Gasteiger partial charge on any atom is -0.547 e. The second-order valence-electron chi connectivity index (χ2n) is 3.08. The minimum absolute atomic E-state index is 0. The Hall–Kier alpha value is -0.350. The molecule has 68 valence electrons. The van der Waals surface area contributed by atoms with E-state index in [4.69, 9.17) is 4.74 Å². The summed E-state index contributed by atoms with van der Waals surface area (Å²) in [6.07, 6.45) is 0.499. The number of aliphatic carboxylic acids is 1. The molecule has 0 amide bonds. The number of hydrogen-bond acceptors (Lipinski definition) is 3. The van der Waals surface area contributed by atoms with Crippen molar-refractivity contribution in [3.05, 3.63) is 35.9 Å². The van der Waals surface area contributed by atoms with Crippen molar-refractivity contribution in [3.8, 4) is 0 Å². The van der Waals surface area contributed by atoms with Crippen molar-refractivity contribution >= 4 is 5.97 Å². The fourth-order valence-electron chi connectivity index (χ4n) is 1.52. The first-order valence-corrected chi connectivity index (χ1v) is 4.17. The molecule has 0 unspecified atom stereocenters. The maximum atomic E-state index is 10.9. The van der Waals surface area contributed by atoms with Gasteiger partial charge in [0.15, 0.2) is 0 Å². The zero-order valence-electron chi connectivity index (χ0n) is 8.03. The average Bonchev–Trinajstić information content (AvgIpc) is 2.03. The van der Waals surface area contributed by atoms with Gasteiger partial charge in [-0.25, -0.2) is 0 Å². The van der Waals surface area contributed by atoms with Crippen molar-refractivity contribution in [2.24, 2.45) is 0 Å². The molecule has 0 radical (unpaired) electrons. The van der Waals surface area contributed by atoms with Crippen LogP contribution in [0.2, 0.25) is 0 Å². The zero-order chi connectivity index (χ0) is 9.31. The van der Waals surface area contributed by atoms with Crippen LogP contribution in [0.4, 0.5) is 0 Å². The SMILES string of the molecule is O=C([O-])[C@]1(c2ccccc2)CCO1.[Na+]. The molecule has 4 heteroatoms. The molecule has 0 N–H and O–H groups in total. The number of benzene rings is 1. The van der Waals surface area contributed by atoms with Gasteiger partial charge in [0.25, 0.3) is 0 Å². The molecule has 1 aliphatic heterocycles. The number of rotatable bonds is 2. The van der Waals surface area contributed by atoms with Gasteiger partial charge in [0.2, 0.25) is 0 Å². The van der Waals surface area contributed by atoms with Gasteiger partial charge in [0.05, 0.1) is 12.6 Å². The Balaban J connectivity index is 0.000000980. The van der Waals surface area contributed by atoms with Gasteiger partial charge in [0, 0.05) is 6.42 Å². The maximum absolute atomic E-state index is 10.9. The summed E-state index contributed by atoms with van der Waals surface area (Å²) in [6.45, 7) is 0.489. The van der Waals surface area contributed by atoms with E-state index in [0.717, 1.165) is 0 Å². The fourth-order valence-corrected chi connectivity index (χ4v) is 1.52. The van der Waals surface area contributed by atoms with Gasteiger partial charge in [-0.2, -0.15) is 0 Å².